The molecule has 1 aromatic carbocycles. The highest BCUT2D eigenvalue weighted by Gasteiger charge is 2.18. The topological polar surface area (TPSA) is 38.3 Å². The second-order valence-electron chi connectivity index (χ2n) is 3.99. The summed E-state index contributed by atoms with van der Waals surface area (Å²) < 4.78 is 4.78. The highest BCUT2D eigenvalue weighted by atomic mass is 35.5. The molecule has 1 atom stereocenters. The maximum Gasteiger partial charge on any atom is 0.328 e. The van der Waals surface area contributed by atoms with Gasteiger partial charge in [0.2, 0.25) is 0 Å². The summed E-state index contributed by atoms with van der Waals surface area (Å²) in [5.74, 6) is -0.269. The number of hydrogen-bond donors (Lipinski definition) is 1. The van der Waals surface area contributed by atoms with Gasteiger partial charge in [-0.2, -0.15) is 0 Å². The lowest BCUT2D eigenvalue weighted by molar-refractivity contribution is -0.141. The Morgan fingerprint density at radius 1 is 1.39 bits per heavy atom. The quantitative estimate of drug-likeness (QED) is 0.800. The van der Waals surface area contributed by atoms with E-state index in [4.69, 9.17) is 27.9 Å². The summed E-state index contributed by atoms with van der Waals surface area (Å²) in [5.41, 5.74) is 0.760. The Hall–Kier alpha value is -0.930. The monoisotopic (exact) mass is 289 g/mol. The van der Waals surface area contributed by atoms with Crippen LogP contribution in [0.2, 0.25) is 10.0 Å². The average Bonchev–Trinajstić information content (AvgIpc) is 2.37. The number of ether oxygens (including phenoxy) is 1. The Labute approximate surface area is 117 Å². The molecule has 100 valence electrons. The molecule has 0 saturated heterocycles. The summed E-state index contributed by atoms with van der Waals surface area (Å²) in [7, 11) is 1.39. The number of rotatable bonds is 6. The van der Waals surface area contributed by atoms with Crippen LogP contribution in [0.15, 0.2) is 18.2 Å². The van der Waals surface area contributed by atoms with Gasteiger partial charge in [0, 0.05) is 5.69 Å². The molecule has 1 aromatic rings. The summed E-state index contributed by atoms with van der Waals surface area (Å²) >= 11 is 11.8. The van der Waals surface area contributed by atoms with Crippen molar-refractivity contribution in [2.45, 2.75) is 32.2 Å². The first-order valence-corrected chi connectivity index (χ1v) is 6.63. The number of carbonyl (C=O) groups excluding carboxylic acids is 1. The second-order valence-corrected chi connectivity index (χ2v) is 4.81. The van der Waals surface area contributed by atoms with Crippen LogP contribution in [0.4, 0.5) is 5.69 Å². The minimum Gasteiger partial charge on any atom is -0.467 e. The molecule has 5 heteroatoms. The van der Waals surface area contributed by atoms with Crippen LogP contribution in [0, 0.1) is 0 Å². The Bertz CT molecular complexity index is 410. The van der Waals surface area contributed by atoms with Crippen LogP contribution in [0.3, 0.4) is 0 Å². The van der Waals surface area contributed by atoms with E-state index >= 15 is 0 Å². The summed E-state index contributed by atoms with van der Waals surface area (Å²) in [4.78, 5) is 11.6. The van der Waals surface area contributed by atoms with E-state index in [0.29, 0.717) is 10.0 Å². The minimum atomic E-state index is -0.354. The van der Waals surface area contributed by atoms with Gasteiger partial charge >= 0.3 is 5.97 Å². The van der Waals surface area contributed by atoms with Crippen LogP contribution in [-0.4, -0.2) is 19.1 Å². The first-order valence-electron chi connectivity index (χ1n) is 5.88. The molecule has 0 fully saturated rings. The lowest BCUT2D eigenvalue weighted by Crippen LogP contribution is -2.30. The van der Waals surface area contributed by atoms with Crippen molar-refractivity contribution in [3.8, 4) is 0 Å². The molecule has 0 aliphatic carbocycles. The molecule has 0 bridgehead atoms. The van der Waals surface area contributed by atoms with Gasteiger partial charge in [-0.25, -0.2) is 4.79 Å². The van der Waals surface area contributed by atoms with Crippen LogP contribution in [0.5, 0.6) is 0 Å². The Morgan fingerprint density at radius 2 is 2.11 bits per heavy atom. The first kappa shape index (κ1) is 15.1. The van der Waals surface area contributed by atoms with Gasteiger partial charge in [-0.15, -0.1) is 0 Å². The number of methoxy groups -OCH3 is 1. The molecule has 0 aromatic heterocycles. The molecule has 0 aliphatic heterocycles. The predicted molar refractivity (Wildman–Crippen MR) is 75.4 cm³/mol. The van der Waals surface area contributed by atoms with Gasteiger partial charge in [-0.3, -0.25) is 0 Å². The summed E-state index contributed by atoms with van der Waals surface area (Å²) in [6.07, 6.45) is 2.70. The Kier molecular flexibility index (Phi) is 6.30. The normalized spacial score (nSPS) is 12.0. The van der Waals surface area contributed by atoms with Gasteiger partial charge in [0.15, 0.2) is 0 Å². The molecule has 0 amide bonds. The molecule has 1 N–H and O–H groups in total. The Morgan fingerprint density at radius 3 is 2.67 bits per heavy atom. The number of benzene rings is 1. The molecule has 0 spiro atoms. The van der Waals surface area contributed by atoms with Crippen LogP contribution in [-0.2, 0) is 9.53 Å². The first-order chi connectivity index (χ1) is 8.58. The fraction of sp³-hybridized carbons (Fsp3) is 0.462. The van der Waals surface area contributed by atoms with E-state index in [0.717, 1.165) is 24.9 Å². The highest BCUT2D eigenvalue weighted by Crippen LogP contribution is 2.25. The molecular formula is C13H17Cl2NO2. The fourth-order valence-electron chi connectivity index (χ4n) is 1.59. The van der Waals surface area contributed by atoms with Crippen LogP contribution < -0.4 is 5.32 Å². The second kappa shape index (κ2) is 7.49. The molecule has 0 radical (unpaired) electrons. The number of esters is 1. The number of anilines is 1. The van der Waals surface area contributed by atoms with Crippen LogP contribution in [0.1, 0.15) is 26.2 Å². The van der Waals surface area contributed by atoms with E-state index in [9.17, 15) is 4.79 Å². The van der Waals surface area contributed by atoms with Gasteiger partial charge in [-0.1, -0.05) is 43.0 Å². The number of nitrogens with one attached hydrogen (secondary N) is 1. The van der Waals surface area contributed by atoms with Crippen molar-refractivity contribution in [1.29, 1.82) is 0 Å². The fourth-order valence-corrected chi connectivity index (χ4v) is 1.88. The third-order valence-corrected chi connectivity index (χ3v) is 3.33. The van der Waals surface area contributed by atoms with Gasteiger partial charge in [-0.05, 0) is 24.6 Å². The van der Waals surface area contributed by atoms with Crippen molar-refractivity contribution in [1.82, 2.24) is 0 Å². The van der Waals surface area contributed by atoms with Crippen molar-refractivity contribution in [2.24, 2.45) is 0 Å². The molecule has 0 heterocycles. The van der Waals surface area contributed by atoms with E-state index in [1.807, 2.05) is 0 Å². The zero-order valence-electron chi connectivity index (χ0n) is 10.5. The van der Waals surface area contributed by atoms with Crippen molar-refractivity contribution < 1.29 is 9.53 Å². The van der Waals surface area contributed by atoms with Crippen LogP contribution >= 0.6 is 23.2 Å². The largest absolute Gasteiger partial charge is 0.467 e. The average molecular weight is 290 g/mol. The van der Waals surface area contributed by atoms with E-state index in [-0.39, 0.29) is 12.0 Å². The highest BCUT2D eigenvalue weighted by molar-refractivity contribution is 6.42. The molecular weight excluding hydrogens is 273 g/mol. The Balaban J connectivity index is 2.75. The third-order valence-electron chi connectivity index (χ3n) is 2.59. The van der Waals surface area contributed by atoms with Crippen LogP contribution in [0.25, 0.3) is 0 Å². The van der Waals surface area contributed by atoms with Crippen molar-refractivity contribution >= 4 is 34.9 Å². The third kappa shape index (κ3) is 4.39. The maximum atomic E-state index is 11.6. The van der Waals surface area contributed by atoms with Gasteiger partial charge in [0.1, 0.15) is 6.04 Å². The minimum absolute atomic E-state index is 0.269. The number of halogens is 2. The van der Waals surface area contributed by atoms with Crippen molar-refractivity contribution in [3.05, 3.63) is 28.2 Å². The summed E-state index contributed by atoms with van der Waals surface area (Å²) in [6, 6.07) is 4.83. The molecule has 18 heavy (non-hydrogen) atoms. The van der Waals surface area contributed by atoms with E-state index in [2.05, 4.69) is 12.2 Å². The number of hydrogen-bond acceptors (Lipinski definition) is 3. The standard InChI is InChI=1S/C13H17Cl2NO2/c1-3-4-5-12(13(17)18-2)16-9-6-7-10(14)11(15)8-9/h6-8,12,16H,3-5H2,1-2H3. The van der Waals surface area contributed by atoms with Crippen molar-refractivity contribution in [2.75, 3.05) is 12.4 Å². The zero-order valence-corrected chi connectivity index (χ0v) is 12.0. The SMILES string of the molecule is CCCCC(Nc1ccc(Cl)c(Cl)c1)C(=O)OC. The number of unbranched alkanes of at least 4 members (excludes halogenated alkanes) is 1. The summed E-state index contributed by atoms with van der Waals surface area (Å²) in [6.45, 7) is 2.08. The van der Waals surface area contributed by atoms with Crippen molar-refractivity contribution in [3.63, 3.8) is 0 Å². The molecule has 1 unspecified atom stereocenters. The summed E-state index contributed by atoms with van der Waals surface area (Å²) in [5, 5.41) is 4.07. The number of carbonyl (C=O) groups is 1. The lowest BCUT2D eigenvalue weighted by atomic mass is 10.1. The molecule has 0 saturated carbocycles. The van der Waals surface area contributed by atoms with E-state index < -0.39 is 0 Å². The molecule has 0 aliphatic rings. The van der Waals surface area contributed by atoms with Gasteiger partial charge in [0.25, 0.3) is 0 Å². The van der Waals surface area contributed by atoms with E-state index in [1.54, 1.807) is 18.2 Å². The predicted octanol–water partition coefficient (Wildman–Crippen LogP) is 4.14. The van der Waals surface area contributed by atoms with Gasteiger partial charge in [0.05, 0.1) is 17.2 Å². The lowest BCUT2D eigenvalue weighted by Gasteiger charge is -2.17. The van der Waals surface area contributed by atoms with E-state index in [1.165, 1.54) is 7.11 Å². The smallest absolute Gasteiger partial charge is 0.328 e. The molecule has 1 rings (SSSR count). The zero-order chi connectivity index (χ0) is 13.5. The molecule has 3 nitrogen and oxygen atoms in total. The maximum absolute atomic E-state index is 11.6. The van der Waals surface area contributed by atoms with Gasteiger partial charge < -0.3 is 10.1 Å².